The van der Waals surface area contributed by atoms with Gasteiger partial charge in [0.25, 0.3) is 23.6 Å². The van der Waals surface area contributed by atoms with Crippen LogP contribution in [-0.2, 0) is 83.2 Å². The van der Waals surface area contributed by atoms with Gasteiger partial charge in [-0.1, -0.05) is 165 Å². The molecule has 0 aliphatic carbocycles. The Morgan fingerprint density at radius 2 is 0.630 bits per heavy atom. The molecule has 0 saturated carbocycles. The highest BCUT2D eigenvalue weighted by Crippen LogP contribution is 2.26. The number of hydrogen-bond acceptors (Lipinski definition) is 14. The molecule has 1 aliphatic rings. The Hall–Kier alpha value is -8.94. The summed E-state index contributed by atoms with van der Waals surface area (Å²) in [6, 6.07) is 33.1. The maximum atomic E-state index is 15.2. The van der Waals surface area contributed by atoms with Gasteiger partial charge in [0.05, 0.1) is 24.5 Å². The maximum Gasteiger partial charge on any atom is 0.329 e. The van der Waals surface area contributed by atoms with Crippen LogP contribution in [0.2, 0.25) is 0 Å². The first-order valence-corrected chi connectivity index (χ1v) is 31.9. The Morgan fingerprint density at radius 1 is 0.359 bits per heavy atom. The third-order valence-corrected chi connectivity index (χ3v) is 16.5. The first kappa shape index (κ1) is 70.5. The predicted octanol–water partition coefficient (Wildman–Crippen LogP) is 9.49. The number of carbonyl (C=O) groups is 8. The monoisotopic (exact) mass is 1260 g/mol. The van der Waals surface area contributed by atoms with Gasteiger partial charge < -0.3 is 38.5 Å². The molecule has 20 nitrogen and oxygen atoms in total. The van der Waals surface area contributed by atoms with E-state index in [1.807, 2.05) is 198 Å². The molecule has 492 valence electrons. The van der Waals surface area contributed by atoms with Crippen molar-refractivity contribution >= 4 is 47.5 Å². The van der Waals surface area contributed by atoms with Crippen LogP contribution >= 0.6 is 0 Å². The molecule has 0 spiro atoms. The van der Waals surface area contributed by atoms with E-state index in [0.717, 1.165) is 43.4 Å². The number of esters is 4. The Kier molecular flexibility index (Phi) is 24.8. The van der Waals surface area contributed by atoms with E-state index in [4.69, 9.17) is 29.1 Å². The van der Waals surface area contributed by atoms with Crippen LogP contribution in [0.1, 0.15) is 117 Å². The molecular formula is C72H92N8O12. The summed E-state index contributed by atoms with van der Waals surface area (Å²) < 4.78 is 28.1. The smallest absolute Gasteiger partial charge is 0.329 e. The summed E-state index contributed by atoms with van der Waals surface area (Å²) in [5.74, 6) is -7.53. The third kappa shape index (κ3) is 19.1. The second-order valence-electron chi connectivity index (χ2n) is 26.0. The van der Waals surface area contributed by atoms with Crippen molar-refractivity contribution in [1.29, 1.82) is 0 Å². The minimum absolute atomic E-state index is 0.0727. The maximum absolute atomic E-state index is 15.2. The lowest BCUT2D eigenvalue weighted by atomic mass is 9.99. The average molecular weight is 1260 g/mol. The molecule has 4 aromatic carbocycles. The van der Waals surface area contributed by atoms with Crippen molar-refractivity contribution in [3.63, 3.8) is 0 Å². The highest BCUT2D eigenvalue weighted by Gasteiger charge is 2.43. The standard InChI is InChI=1S/C72H92N8O12/c1-45(2)37-59-69(85)89-49(9)65(81)75(11)62(40-48(7)8)72(88)92-64(42-52-27-31-54(32-28-52)44-80-36-34-58(74-80)56-23-19-16-20-24-56)68(84)78(14)60(38-46(3)4)70(86)90-50(10)66(82)76(12)61(39-47(5)6)71(87)91-63(67(83)77(59)13)41-51-25-29-53(30-26-51)43-79-35-33-57(73-79)55-21-17-15-18-22-55/h15-36,45-50,59-64H,37-44H2,1-14H3/t49-,50-,59+,60+,61+,62+,63-,64-/m1/s1. The molecule has 2 aromatic heterocycles. The molecule has 0 unspecified atom stereocenters. The van der Waals surface area contributed by atoms with Crippen LogP contribution in [0.15, 0.2) is 134 Å². The Bertz CT molecular complexity index is 3210. The summed E-state index contributed by atoms with van der Waals surface area (Å²) in [4.78, 5) is 123. The van der Waals surface area contributed by atoms with Crippen molar-refractivity contribution in [2.75, 3.05) is 28.2 Å². The number of hydrogen-bond donors (Lipinski definition) is 0. The molecule has 1 saturated heterocycles. The van der Waals surface area contributed by atoms with E-state index >= 15 is 9.59 Å². The number of amides is 4. The van der Waals surface area contributed by atoms with Gasteiger partial charge in [-0.05, 0) is 97.6 Å². The molecule has 0 N–H and O–H groups in total. The first-order valence-electron chi connectivity index (χ1n) is 31.9. The highest BCUT2D eigenvalue weighted by molar-refractivity contribution is 5.94. The van der Waals surface area contributed by atoms with E-state index in [1.165, 1.54) is 51.8 Å². The molecule has 6 aromatic rings. The average Bonchev–Trinajstić information content (AvgIpc) is 1.20. The van der Waals surface area contributed by atoms with Gasteiger partial charge in [-0.15, -0.1) is 0 Å². The molecule has 0 radical (unpaired) electrons. The van der Waals surface area contributed by atoms with Crippen molar-refractivity contribution in [2.45, 2.75) is 169 Å². The molecule has 20 heteroatoms. The van der Waals surface area contributed by atoms with Crippen LogP contribution in [0, 0.1) is 23.7 Å². The second-order valence-corrected chi connectivity index (χ2v) is 26.0. The van der Waals surface area contributed by atoms with Crippen LogP contribution < -0.4 is 0 Å². The van der Waals surface area contributed by atoms with Gasteiger partial charge in [0.2, 0.25) is 0 Å². The summed E-state index contributed by atoms with van der Waals surface area (Å²) >= 11 is 0. The summed E-state index contributed by atoms with van der Waals surface area (Å²) in [6.45, 7) is 18.5. The van der Waals surface area contributed by atoms with E-state index in [1.54, 1.807) is 0 Å². The minimum atomic E-state index is -1.55. The zero-order valence-corrected chi connectivity index (χ0v) is 55.8. The zero-order valence-electron chi connectivity index (χ0n) is 55.8. The van der Waals surface area contributed by atoms with Crippen molar-refractivity contribution < 1.29 is 57.3 Å². The van der Waals surface area contributed by atoms with Crippen LogP contribution in [0.5, 0.6) is 0 Å². The summed E-state index contributed by atoms with van der Waals surface area (Å²) in [5.41, 5.74) is 6.61. The molecule has 1 fully saturated rings. The van der Waals surface area contributed by atoms with Crippen molar-refractivity contribution in [3.05, 3.63) is 156 Å². The summed E-state index contributed by atoms with van der Waals surface area (Å²) in [7, 11) is 5.59. The van der Waals surface area contributed by atoms with E-state index in [2.05, 4.69) is 0 Å². The highest BCUT2D eigenvalue weighted by atomic mass is 16.6. The Balaban J connectivity index is 1.22. The number of rotatable bonds is 18. The normalized spacial score (nSPS) is 21.7. The minimum Gasteiger partial charge on any atom is -0.451 e. The number of ether oxygens (including phenoxy) is 4. The van der Waals surface area contributed by atoms with Crippen molar-refractivity contribution in [2.24, 2.45) is 23.7 Å². The molecule has 1 aliphatic heterocycles. The van der Waals surface area contributed by atoms with Crippen molar-refractivity contribution in [1.82, 2.24) is 39.2 Å². The number of nitrogens with zero attached hydrogens (tertiary/aromatic N) is 8. The van der Waals surface area contributed by atoms with E-state index in [0.29, 0.717) is 24.2 Å². The molecule has 4 amide bonds. The van der Waals surface area contributed by atoms with Crippen LogP contribution in [-0.4, -0.2) is 163 Å². The lowest BCUT2D eigenvalue weighted by molar-refractivity contribution is -0.176. The molecule has 0 bridgehead atoms. The fraction of sp³-hybridized carbons (Fsp3) is 0.472. The molecule has 7 rings (SSSR count). The molecule has 3 heterocycles. The Morgan fingerprint density at radius 3 is 0.924 bits per heavy atom. The van der Waals surface area contributed by atoms with Crippen LogP contribution in [0.4, 0.5) is 0 Å². The van der Waals surface area contributed by atoms with Crippen LogP contribution in [0.25, 0.3) is 22.5 Å². The number of benzene rings is 4. The van der Waals surface area contributed by atoms with Gasteiger partial charge in [0.1, 0.15) is 24.2 Å². The van der Waals surface area contributed by atoms with Gasteiger partial charge >= 0.3 is 23.9 Å². The van der Waals surface area contributed by atoms with Gasteiger partial charge in [0, 0.05) is 64.6 Å². The van der Waals surface area contributed by atoms with Gasteiger partial charge in [0.15, 0.2) is 24.4 Å². The first-order chi connectivity index (χ1) is 43.7. The second kappa shape index (κ2) is 32.4. The van der Waals surface area contributed by atoms with E-state index in [-0.39, 0.29) is 62.2 Å². The van der Waals surface area contributed by atoms with Crippen molar-refractivity contribution in [3.8, 4) is 22.5 Å². The van der Waals surface area contributed by atoms with E-state index < -0.39 is 96.1 Å². The summed E-state index contributed by atoms with van der Waals surface area (Å²) in [5, 5.41) is 9.50. The third-order valence-electron chi connectivity index (χ3n) is 16.5. The van der Waals surface area contributed by atoms with Gasteiger partial charge in [-0.3, -0.25) is 28.5 Å². The SMILES string of the molecule is CC(C)C[C@H]1C(=O)O[C@H](Cc2ccc(Cn3ccc(-c4ccccc4)n3)cc2)C(=O)N(C)[C@@H](CC(C)C)C(=O)O[C@H](C)C(=O)N(C)[C@@H](CC(C)C)C(=O)O[C@H](Cc2ccc(Cn3ccc(-c4ccccc4)n3)cc2)C(=O)N(C)[C@@H](CC(C)C)C(=O)O[C@H](C)C(=O)N1C. The number of cyclic esters (lactones) is 4. The number of aromatic nitrogens is 4. The number of likely N-dealkylation sites (N-methyl/N-ethyl adjacent to an activating group) is 4. The lowest BCUT2D eigenvalue weighted by Gasteiger charge is -2.35. The topological polar surface area (TPSA) is 222 Å². The fourth-order valence-electron chi connectivity index (χ4n) is 11.3. The Labute approximate surface area is 541 Å². The molecule has 8 atom stereocenters. The van der Waals surface area contributed by atoms with Crippen LogP contribution in [0.3, 0.4) is 0 Å². The zero-order chi connectivity index (χ0) is 67.1. The van der Waals surface area contributed by atoms with E-state index in [9.17, 15) is 28.8 Å². The summed E-state index contributed by atoms with van der Waals surface area (Å²) in [6.07, 6.45) is -2.33. The molecular weight excluding hydrogens is 1170 g/mol. The quantitative estimate of drug-likeness (QED) is 0.0578. The largest absolute Gasteiger partial charge is 0.451 e. The lowest BCUT2D eigenvalue weighted by Crippen LogP contribution is -2.55. The number of carbonyl (C=O) groups excluding carboxylic acids is 8. The predicted molar refractivity (Wildman–Crippen MR) is 349 cm³/mol. The molecule has 92 heavy (non-hydrogen) atoms. The fourth-order valence-corrected chi connectivity index (χ4v) is 11.3. The van der Waals surface area contributed by atoms with Gasteiger partial charge in [-0.25, -0.2) is 19.2 Å². The van der Waals surface area contributed by atoms with Gasteiger partial charge in [-0.2, -0.15) is 10.2 Å².